The molecule has 0 atom stereocenters. The van der Waals surface area contributed by atoms with E-state index in [0.29, 0.717) is 0 Å². The summed E-state index contributed by atoms with van der Waals surface area (Å²) in [6.07, 6.45) is 4.87. The van der Waals surface area contributed by atoms with E-state index >= 15 is 0 Å². The SMILES string of the molecule is CC(C)(C)C1=C(c2ccc(F)cc2)CCCC1. The van der Waals surface area contributed by atoms with Gasteiger partial charge >= 0.3 is 0 Å². The van der Waals surface area contributed by atoms with Crippen LogP contribution in [0.4, 0.5) is 4.39 Å². The predicted octanol–water partition coefficient (Wildman–Crippen LogP) is 5.20. The van der Waals surface area contributed by atoms with Crippen molar-refractivity contribution in [3.8, 4) is 0 Å². The summed E-state index contributed by atoms with van der Waals surface area (Å²) in [6, 6.07) is 6.97. The van der Waals surface area contributed by atoms with E-state index in [1.807, 2.05) is 12.1 Å². The van der Waals surface area contributed by atoms with Crippen LogP contribution in [0.15, 0.2) is 29.8 Å². The lowest BCUT2D eigenvalue weighted by atomic mass is 9.75. The largest absolute Gasteiger partial charge is 0.207 e. The molecule has 92 valence electrons. The van der Waals surface area contributed by atoms with Gasteiger partial charge in [-0.2, -0.15) is 0 Å². The fourth-order valence-electron chi connectivity index (χ4n) is 2.70. The van der Waals surface area contributed by atoms with E-state index in [9.17, 15) is 4.39 Å². The Kier molecular flexibility index (Phi) is 3.37. The molecular formula is C16H21F. The Morgan fingerprint density at radius 2 is 1.53 bits per heavy atom. The maximum absolute atomic E-state index is 13.0. The molecule has 0 spiro atoms. The Labute approximate surface area is 104 Å². The molecule has 0 unspecified atom stereocenters. The van der Waals surface area contributed by atoms with Crippen LogP contribution in [0.3, 0.4) is 0 Å². The molecule has 0 N–H and O–H groups in total. The molecule has 2 rings (SSSR count). The molecule has 1 aliphatic carbocycles. The maximum atomic E-state index is 13.0. The number of hydrogen-bond acceptors (Lipinski definition) is 0. The molecule has 0 saturated carbocycles. The Morgan fingerprint density at radius 1 is 0.941 bits per heavy atom. The number of hydrogen-bond donors (Lipinski definition) is 0. The first kappa shape index (κ1) is 12.3. The van der Waals surface area contributed by atoms with Crippen LogP contribution in [0, 0.1) is 11.2 Å². The van der Waals surface area contributed by atoms with Gasteiger partial charge in [0.2, 0.25) is 0 Å². The van der Waals surface area contributed by atoms with Gasteiger partial charge < -0.3 is 0 Å². The van der Waals surface area contributed by atoms with Crippen LogP contribution in [0.1, 0.15) is 52.0 Å². The van der Waals surface area contributed by atoms with Crippen molar-refractivity contribution in [3.63, 3.8) is 0 Å². The molecule has 0 saturated heterocycles. The maximum Gasteiger partial charge on any atom is 0.123 e. The minimum absolute atomic E-state index is 0.150. The van der Waals surface area contributed by atoms with Gasteiger partial charge in [-0.05, 0) is 54.4 Å². The summed E-state index contributed by atoms with van der Waals surface area (Å²) in [5.41, 5.74) is 4.43. The summed E-state index contributed by atoms with van der Waals surface area (Å²) in [5.74, 6) is -0.150. The third kappa shape index (κ3) is 2.77. The zero-order chi connectivity index (χ0) is 12.5. The number of rotatable bonds is 1. The molecular weight excluding hydrogens is 211 g/mol. The van der Waals surface area contributed by atoms with E-state index < -0.39 is 0 Å². The van der Waals surface area contributed by atoms with E-state index in [-0.39, 0.29) is 11.2 Å². The summed E-state index contributed by atoms with van der Waals surface area (Å²) in [6.45, 7) is 6.82. The standard InChI is InChI=1S/C16H21F/c1-16(2,3)15-7-5-4-6-14(15)12-8-10-13(17)11-9-12/h8-11H,4-7H2,1-3H3. The van der Waals surface area contributed by atoms with E-state index in [1.165, 1.54) is 30.4 Å². The lowest BCUT2D eigenvalue weighted by molar-refractivity contribution is 0.465. The molecule has 0 bridgehead atoms. The number of benzene rings is 1. The highest BCUT2D eigenvalue weighted by molar-refractivity contribution is 5.70. The van der Waals surface area contributed by atoms with Crippen LogP contribution in [-0.2, 0) is 0 Å². The van der Waals surface area contributed by atoms with Gasteiger partial charge in [0, 0.05) is 0 Å². The van der Waals surface area contributed by atoms with E-state index in [1.54, 1.807) is 17.7 Å². The van der Waals surface area contributed by atoms with Crippen molar-refractivity contribution in [2.24, 2.45) is 5.41 Å². The monoisotopic (exact) mass is 232 g/mol. The zero-order valence-electron chi connectivity index (χ0n) is 11.0. The number of allylic oxidation sites excluding steroid dienone is 2. The van der Waals surface area contributed by atoms with Crippen molar-refractivity contribution in [2.75, 3.05) is 0 Å². The van der Waals surface area contributed by atoms with Crippen LogP contribution < -0.4 is 0 Å². The molecule has 0 aromatic heterocycles. The van der Waals surface area contributed by atoms with Gasteiger partial charge in [0.15, 0.2) is 0 Å². The van der Waals surface area contributed by atoms with Crippen LogP contribution in [-0.4, -0.2) is 0 Å². The quantitative estimate of drug-likeness (QED) is 0.624. The molecule has 1 heteroatoms. The molecule has 0 radical (unpaired) electrons. The Balaban J connectivity index is 2.45. The lowest BCUT2D eigenvalue weighted by Gasteiger charge is -2.30. The summed E-state index contributed by atoms with van der Waals surface area (Å²) in [4.78, 5) is 0. The third-order valence-electron chi connectivity index (χ3n) is 3.57. The minimum Gasteiger partial charge on any atom is -0.207 e. The van der Waals surface area contributed by atoms with Gasteiger partial charge in [0.1, 0.15) is 5.82 Å². The van der Waals surface area contributed by atoms with Crippen molar-refractivity contribution >= 4 is 5.57 Å². The van der Waals surface area contributed by atoms with Crippen molar-refractivity contribution in [3.05, 3.63) is 41.2 Å². The smallest absolute Gasteiger partial charge is 0.123 e. The molecule has 0 heterocycles. The lowest BCUT2D eigenvalue weighted by Crippen LogP contribution is -2.14. The van der Waals surface area contributed by atoms with Crippen molar-refractivity contribution in [1.82, 2.24) is 0 Å². The minimum atomic E-state index is -0.150. The van der Waals surface area contributed by atoms with Crippen LogP contribution in [0.5, 0.6) is 0 Å². The molecule has 1 aromatic carbocycles. The predicted molar refractivity (Wildman–Crippen MR) is 71.2 cm³/mol. The topological polar surface area (TPSA) is 0 Å². The Bertz CT molecular complexity index is 418. The van der Waals surface area contributed by atoms with Crippen LogP contribution >= 0.6 is 0 Å². The van der Waals surface area contributed by atoms with Crippen molar-refractivity contribution in [2.45, 2.75) is 46.5 Å². The first-order valence-corrected chi connectivity index (χ1v) is 6.47. The Hall–Kier alpha value is -1.11. The zero-order valence-corrected chi connectivity index (χ0v) is 11.0. The van der Waals surface area contributed by atoms with E-state index in [0.717, 1.165) is 6.42 Å². The van der Waals surface area contributed by atoms with E-state index in [4.69, 9.17) is 0 Å². The third-order valence-corrected chi connectivity index (χ3v) is 3.57. The van der Waals surface area contributed by atoms with Gasteiger partial charge in [-0.3, -0.25) is 0 Å². The second-order valence-corrected chi connectivity index (χ2v) is 5.92. The summed E-state index contributed by atoms with van der Waals surface area (Å²) >= 11 is 0. The fourth-order valence-corrected chi connectivity index (χ4v) is 2.70. The summed E-state index contributed by atoms with van der Waals surface area (Å²) in [7, 11) is 0. The summed E-state index contributed by atoms with van der Waals surface area (Å²) < 4.78 is 13.0. The van der Waals surface area contributed by atoms with Gasteiger partial charge in [-0.25, -0.2) is 4.39 Å². The number of halogens is 1. The second-order valence-electron chi connectivity index (χ2n) is 5.92. The van der Waals surface area contributed by atoms with Crippen LogP contribution in [0.2, 0.25) is 0 Å². The summed E-state index contributed by atoms with van der Waals surface area (Å²) in [5, 5.41) is 0. The molecule has 17 heavy (non-hydrogen) atoms. The van der Waals surface area contributed by atoms with Gasteiger partial charge in [0.25, 0.3) is 0 Å². The normalized spacial score (nSPS) is 17.4. The molecule has 0 nitrogen and oxygen atoms in total. The first-order chi connectivity index (χ1) is 7.98. The Morgan fingerprint density at radius 3 is 2.12 bits per heavy atom. The van der Waals surface area contributed by atoms with Crippen LogP contribution in [0.25, 0.3) is 5.57 Å². The highest BCUT2D eigenvalue weighted by Crippen LogP contribution is 2.41. The van der Waals surface area contributed by atoms with E-state index in [2.05, 4.69) is 20.8 Å². The fraction of sp³-hybridized carbons (Fsp3) is 0.500. The van der Waals surface area contributed by atoms with Crippen molar-refractivity contribution in [1.29, 1.82) is 0 Å². The van der Waals surface area contributed by atoms with Gasteiger partial charge in [-0.1, -0.05) is 38.5 Å². The molecule has 1 aliphatic rings. The first-order valence-electron chi connectivity index (χ1n) is 6.47. The molecule has 1 aromatic rings. The highest BCUT2D eigenvalue weighted by Gasteiger charge is 2.24. The average Bonchev–Trinajstić information content (AvgIpc) is 2.29. The van der Waals surface area contributed by atoms with Crippen molar-refractivity contribution < 1.29 is 4.39 Å². The second kappa shape index (κ2) is 4.64. The molecule has 0 aliphatic heterocycles. The molecule has 0 amide bonds. The average molecular weight is 232 g/mol. The van der Waals surface area contributed by atoms with Gasteiger partial charge in [-0.15, -0.1) is 0 Å². The highest BCUT2D eigenvalue weighted by atomic mass is 19.1. The van der Waals surface area contributed by atoms with Gasteiger partial charge in [0.05, 0.1) is 0 Å². The molecule has 0 fully saturated rings.